The van der Waals surface area contributed by atoms with Crippen molar-refractivity contribution in [3.05, 3.63) is 188 Å². The van der Waals surface area contributed by atoms with Crippen LogP contribution in [0.1, 0.15) is 66.8 Å². The maximum atomic E-state index is 6.55. The molecule has 0 bridgehead atoms. The molecule has 0 amide bonds. The predicted octanol–water partition coefficient (Wildman–Crippen LogP) is 8.52. The van der Waals surface area contributed by atoms with Crippen LogP contribution in [0.3, 0.4) is 0 Å². The van der Waals surface area contributed by atoms with Crippen molar-refractivity contribution < 1.29 is 0 Å². The minimum atomic E-state index is -0.139. The second-order valence-corrected chi connectivity index (χ2v) is 26.0. The first kappa shape index (κ1) is 46.9. The predicted molar refractivity (Wildman–Crippen MR) is 338 cm³/mol. The fourth-order valence-electron chi connectivity index (χ4n) is 16.4. The van der Waals surface area contributed by atoms with Crippen LogP contribution in [0.25, 0.3) is 11.0 Å². The summed E-state index contributed by atoms with van der Waals surface area (Å²) in [6.07, 6.45) is 0. The number of aryl methyl sites for hydroxylation is 12. The summed E-state index contributed by atoms with van der Waals surface area (Å²) < 4.78 is 0. The van der Waals surface area contributed by atoms with Crippen LogP contribution in [0.2, 0.25) is 0 Å². The van der Waals surface area contributed by atoms with Crippen LogP contribution in [0, 0.1) is 83.1 Å². The molecule has 6 aliphatic heterocycles. The van der Waals surface area contributed by atoms with Crippen LogP contribution >= 0.6 is 23.5 Å². The molecule has 2 aromatic heterocycles. The third kappa shape index (κ3) is 6.06. The summed E-state index contributed by atoms with van der Waals surface area (Å²) in [6.45, 7) is 27.2. The average molecular weight is 1040 g/mol. The largest absolute Gasteiger partial charge is 0.309 e. The number of hydrogen-bond donors (Lipinski definition) is 0. The first-order valence-electron chi connectivity index (χ1n) is 27.9. The van der Waals surface area contributed by atoms with Gasteiger partial charge in [0, 0.05) is 30.8 Å². The van der Waals surface area contributed by atoms with Crippen LogP contribution in [0.5, 0.6) is 0 Å². The third-order valence-corrected chi connectivity index (χ3v) is 20.8. The second kappa shape index (κ2) is 16.2. The molecule has 78 heavy (non-hydrogen) atoms. The molecule has 0 atom stereocenters. The second-order valence-electron chi connectivity index (χ2n) is 23.8. The van der Waals surface area contributed by atoms with Gasteiger partial charge >= 0.3 is 0 Å². The molecule has 8 aromatic carbocycles. The van der Waals surface area contributed by atoms with Gasteiger partial charge in [-0.05, 0) is 140 Å². The maximum Gasteiger partial charge on any atom is 0.270 e. The highest BCUT2D eigenvalue weighted by Crippen LogP contribution is 2.55. The average Bonchev–Trinajstić information content (AvgIpc) is 2.84. The zero-order valence-corrected chi connectivity index (χ0v) is 48.1. The van der Waals surface area contributed by atoms with E-state index in [1.54, 1.807) is 0 Å². The van der Waals surface area contributed by atoms with E-state index in [2.05, 4.69) is 214 Å². The highest BCUT2D eigenvalue weighted by molar-refractivity contribution is 8.00. The van der Waals surface area contributed by atoms with Crippen LogP contribution < -0.4 is 75.6 Å². The maximum absolute atomic E-state index is 6.55. The van der Waals surface area contributed by atoms with Gasteiger partial charge in [0.25, 0.3) is 13.4 Å². The summed E-state index contributed by atoms with van der Waals surface area (Å²) in [5, 5.41) is 0. The summed E-state index contributed by atoms with van der Waals surface area (Å²) in [5.74, 6) is 0. The minimum Gasteiger partial charge on any atom is -0.309 e. The van der Waals surface area contributed by atoms with Crippen LogP contribution in [-0.4, -0.2) is 36.8 Å². The number of rotatable bonds is 4. The minimum absolute atomic E-state index is 0.138. The summed E-state index contributed by atoms with van der Waals surface area (Å²) in [7, 11) is 0. The number of para-hydroxylation sites is 4. The number of hydrogen-bond acceptors (Lipinski definition) is 6. The summed E-state index contributed by atoms with van der Waals surface area (Å²) in [4.78, 5) is 23.6. The van der Waals surface area contributed by atoms with Crippen molar-refractivity contribution in [1.82, 2.24) is 9.97 Å². The molecule has 0 saturated heterocycles. The number of anilines is 6. The standard InChI is InChI=1S/C68H56B4N4S2/c1-33-25-37(5)53(38(6)26-33)69-45-17-13-21-49-61(45)75-63-47(19-15-23-51(63)77-49)71(55-41(9)29-35(3)30-42(55)10)67-65(75)57(69)59-60(74-67)58-66-68(73-59)72(56-43(11)31-36(4)32-44(56)12)48-20-16-24-52-64(48)76(66)62-46(18-14-22-50(62)78-52)70(58)54-39(7)27-34(2)28-40(54)8/h13-32H,1-12H3. The van der Waals surface area contributed by atoms with Crippen molar-refractivity contribution in [2.24, 2.45) is 0 Å². The van der Waals surface area contributed by atoms with E-state index in [9.17, 15) is 0 Å². The smallest absolute Gasteiger partial charge is 0.270 e. The van der Waals surface area contributed by atoms with Gasteiger partial charge in [-0.15, -0.1) is 0 Å². The van der Waals surface area contributed by atoms with E-state index in [0.717, 1.165) is 22.2 Å². The number of nitrogens with zero attached hydrogens (tertiary/aromatic N) is 4. The molecule has 6 aliphatic rings. The molecule has 4 nitrogen and oxygen atoms in total. The van der Waals surface area contributed by atoms with Gasteiger partial charge < -0.3 is 9.80 Å². The Bertz CT molecular complexity index is 4080. The number of pyridine rings is 2. The van der Waals surface area contributed by atoms with Crippen molar-refractivity contribution in [1.29, 1.82) is 0 Å². The van der Waals surface area contributed by atoms with E-state index >= 15 is 0 Å². The van der Waals surface area contributed by atoms with Gasteiger partial charge in [-0.2, -0.15) is 0 Å². The molecule has 16 rings (SSSR count). The molecular formula is C68H56B4N4S2. The molecule has 8 heterocycles. The fourth-order valence-corrected chi connectivity index (χ4v) is 18.7. The van der Waals surface area contributed by atoms with E-state index in [4.69, 9.17) is 9.97 Å². The molecule has 0 N–H and O–H groups in total. The van der Waals surface area contributed by atoms with Crippen molar-refractivity contribution in [2.45, 2.75) is 103 Å². The Balaban J connectivity index is 1.17. The van der Waals surface area contributed by atoms with E-state index < -0.39 is 0 Å². The Morgan fingerprint density at radius 2 is 0.538 bits per heavy atom. The molecule has 0 radical (unpaired) electrons. The molecule has 0 aliphatic carbocycles. The Morgan fingerprint density at radius 1 is 0.295 bits per heavy atom. The highest BCUT2D eigenvalue weighted by Gasteiger charge is 2.54. The van der Waals surface area contributed by atoms with Gasteiger partial charge in [-0.25, -0.2) is 0 Å². The summed E-state index contributed by atoms with van der Waals surface area (Å²) in [5.41, 5.74) is 40.7. The zero-order valence-electron chi connectivity index (χ0n) is 46.5. The number of fused-ring (bicyclic) bond motifs is 3. The topological polar surface area (TPSA) is 32.3 Å². The Hall–Kier alpha value is -7.12. The molecule has 0 fully saturated rings. The number of benzene rings is 8. The quantitative estimate of drug-likeness (QED) is 0.165. The van der Waals surface area contributed by atoms with Crippen LogP contribution in [0.4, 0.5) is 34.1 Å². The van der Waals surface area contributed by atoms with Crippen molar-refractivity contribution in [2.75, 3.05) is 9.80 Å². The lowest BCUT2D eigenvalue weighted by molar-refractivity contribution is 1.16. The lowest BCUT2D eigenvalue weighted by Gasteiger charge is -2.49. The van der Waals surface area contributed by atoms with Crippen molar-refractivity contribution in [3.8, 4) is 0 Å². The normalized spacial score (nSPS) is 14.4. The van der Waals surface area contributed by atoms with Gasteiger partial charge in [-0.3, -0.25) is 9.97 Å². The SMILES string of the molecule is Cc1cc(C)c(B2c3cccc4c3N3c5c(cccc5B(c5c(C)cc(C)cc5C)c5c3c2nc2c3c6c(nc52)B(c2c(C)cc(C)cc2C)c2cccc5c2N6c2c(cccc2B3c2c(C)cc(C)cc2C)S5)S4)c(C)c1. The first-order valence-corrected chi connectivity index (χ1v) is 29.5. The third-order valence-electron chi connectivity index (χ3n) is 18.6. The molecule has 0 spiro atoms. The van der Waals surface area contributed by atoms with Gasteiger partial charge in [0.1, 0.15) is 0 Å². The zero-order chi connectivity index (χ0) is 53.2. The molecular weight excluding hydrogens is 980 g/mol. The number of aromatic nitrogens is 2. The Kier molecular flexibility index (Phi) is 9.77. The van der Waals surface area contributed by atoms with Gasteiger partial charge in [0.2, 0.25) is 13.4 Å². The van der Waals surface area contributed by atoms with E-state index in [1.807, 2.05) is 23.5 Å². The Morgan fingerprint density at radius 3 is 0.808 bits per heavy atom. The lowest BCUT2D eigenvalue weighted by Crippen LogP contribution is -2.70. The lowest BCUT2D eigenvalue weighted by atomic mass is 9.29. The molecule has 372 valence electrons. The van der Waals surface area contributed by atoms with Crippen molar-refractivity contribution in [3.63, 3.8) is 0 Å². The van der Waals surface area contributed by atoms with E-state index in [-0.39, 0.29) is 26.9 Å². The highest BCUT2D eigenvalue weighted by atomic mass is 32.2. The van der Waals surface area contributed by atoms with Crippen molar-refractivity contribution >= 4 is 161 Å². The summed E-state index contributed by atoms with van der Waals surface area (Å²) >= 11 is 3.86. The van der Waals surface area contributed by atoms with Gasteiger partial charge in [-0.1, -0.05) is 209 Å². The van der Waals surface area contributed by atoms with E-state index in [0.29, 0.717) is 0 Å². The van der Waals surface area contributed by atoms with Gasteiger partial charge in [0.05, 0.1) is 45.2 Å². The molecule has 10 aromatic rings. The molecule has 10 heteroatoms. The summed E-state index contributed by atoms with van der Waals surface area (Å²) in [6, 6.07) is 47.6. The van der Waals surface area contributed by atoms with Crippen LogP contribution in [-0.2, 0) is 0 Å². The van der Waals surface area contributed by atoms with Crippen LogP contribution in [0.15, 0.2) is 141 Å². The molecule has 0 unspecified atom stereocenters. The molecule has 0 saturated carbocycles. The van der Waals surface area contributed by atoms with Gasteiger partial charge in [0.15, 0.2) is 0 Å². The first-order chi connectivity index (χ1) is 37.7. The van der Waals surface area contributed by atoms with E-state index in [1.165, 1.54) is 175 Å². The monoisotopic (exact) mass is 1040 g/mol. The Labute approximate surface area is 468 Å². The fraction of sp³-hybridized carbons (Fsp3) is 0.176.